The highest BCUT2D eigenvalue weighted by molar-refractivity contribution is 6.32. The highest BCUT2D eigenvalue weighted by Crippen LogP contribution is 2.25. The van der Waals surface area contributed by atoms with E-state index in [1.54, 1.807) is 0 Å². The molecule has 0 spiro atoms. The first kappa shape index (κ1) is 17.2. The topological polar surface area (TPSA) is 105 Å². The summed E-state index contributed by atoms with van der Waals surface area (Å²) in [5, 5.41) is 21.7. The molecule has 0 aliphatic heterocycles. The Morgan fingerprint density at radius 2 is 2.12 bits per heavy atom. The van der Waals surface area contributed by atoms with Crippen molar-refractivity contribution >= 4 is 28.9 Å². The van der Waals surface area contributed by atoms with E-state index in [9.17, 15) is 19.3 Å². The van der Waals surface area contributed by atoms with Gasteiger partial charge in [0.05, 0.1) is 27.3 Å². The first-order valence-corrected chi connectivity index (χ1v) is 6.84. The van der Waals surface area contributed by atoms with Gasteiger partial charge in [0.25, 0.3) is 11.6 Å². The van der Waals surface area contributed by atoms with Crippen LogP contribution in [0.25, 0.3) is 0 Å². The van der Waals surface area contributed by atoms with Crippen molar-refractivity contribution in [2.75, 3.05) is 11.9 Å². The summed E-state index contributed by atoms with van der Waals surface area (Å²) in [5.41, 5.74) is -0.359. The predicted molar refractivity (Wildman–Crippen MR) is 83.3 cm³/mol. The Hall–Kier alpha value is -3.18. The lowest BCUT2D eigenvalue weighted by Gasteiger charge is -2.09. The van der Waals surface area contributed by atoms with Crippen molar-refractivity contribution in [3.05, 3.63) is 62.9 Å². The maximum absolute atomic E-state index is 13.6. The van der Waals surface area contributed by atoms with Crippen LogP contribution in [0.1, 0.15) is 5.56 Å². The van der Waals surface area contributed by atoms with Gasteiger partial charge in [-0.05, 0) is 24.3 Å². The molecule has 0 saturated carbocycles. The third kappa shape index (κ3) is 4.18. The lowest BCUT2D eigenvalue weighted by Crippen LogP contribution is -2.21. The number of anilines is 1. The number of benzene rings is 2. The molecule has 7 nitrogen and oxygen atoms in total. The lowest BCUT2D eigenvalue weighted by molar-refractivity contribution is -0.384. The Morgan fingerprint density at radius 1 is 1.38 bits per heavy atom. The molecule has 0 radical (unpaired) electrons. The van der Waals surface area contributed by atoms with Gasteiger partial charge in [-0.25, -0.2) is 4.39 Å². The fourth-order valence-corrected chi connectivity index (χ4v) is 1.97. The van der Waals surface area contributed by atoms with E-state index in [1.165, 1.54) is 18.2 Å². The zero-order chi connectivity index (χ0) is 17.7. The van der Waals surface area contributed by atoms with Crippen LogP contribution in [-0.2, 0) is 4.79 Å². The summed E-state index contributed by atoms with van der Waals surface area (Å²) in [6.45, 7) is -0.492. The Morgan fingerprint density at radius 3 is 2.75 bits per heavy atom. The van der Waals surface area contributed by atoms with Gasteiger partial charge in [0, 0.05) is 12.1 Å². The van der Waals surface area contributed by atoms with Gasteiger partial charge >= 0.3 is 0 Å². The van der Waals surface area contributed by atoms with Crippen molar-refractivity contribution in [2.45, 2.75) is 0 Å². The fraction of sp³-hybridized carbons (Fsp3) is 0.0667. The molecule has 0 aliphatic rings. The van der Waals surface area contributed by atoms with E-state index < -0.39 is 23.3 Å². The van der Waals surface area contributed by atoms with Crippen LogP contribution in [0.5, 0.6) is 5.75 Å². The molecule has 1 amide bonds. The average molecular weight is 350 g/mol. The number of carbonyl (C=O) groups excluding carboxylic acids is 1. The summed E-state index contributed by atoms with van der Waals surface area (Å²) in [6.07, 6.45) is 0. The van der Waals surface area contributed by atoms with Gasteiger partial charge in [-0.15, -0.1) is 0 Å². The summed E-state index contributed by atoms with van der Waals surface area (Å²) >= 11 is 5.89. The van der Waals surface area contributed by atoms with E-state index in [0.717, 1.165) is 18.2 Å². The Balaban J connectivity index is 2.03. The SMILES string of the molecule is N#Cc1ccc(OCC(=O)Nc2cc([N+](=O)[O-])ccc2F)c(Cl)c1. The molecule has 0 saturated heterocycles. The molecule has 9 heteroatoms. The average Bonchev–Trinajstić information content (AvgIpc) is 2.55. The smallest absolute Gasteiger partial charge is 0.271 e. The van der Waals surface area contributed by atoms with Crippen molar-refractivity contribution in [1.82, 2.24) is 0 Å². The second-order valence-corrected chi connectivity index (χ2v) is 4.92. The quantitative estimate of drug-likeness (QED) is 0.658. The minimum atomic E-state index is -0.814. The van der Waals surface area contributed by atoms with Gasteiger partial charge < -0.3 is 10.1 Å². The normalized spacial score (nSPS) is 9.88. The van der Waals surface area contributed by atoms with Crippen LogP contribution in [0.15, 0.2) is 36.4 Å². The minimum Gasteiger partial charge on any atom is -0.482 e. The highest BCUT2D eigenvalue weighted by Gasteiger charge is 2.14. The zero-order valence-electron chi connectivity index (χ0n) is 12.0. The van der Waals surface area contributed by atoms with E-state index in [2.05, 4.69) is 5.32 Å². The number of carbonyl (C=O) groups is 1. The molecule has 0 fully saturated rings. The van der Waals surface area contributed by atoms with Crippen LogP contribution in [0.2, 0.25) is 5.02 Å². The Kier molecular flexibility index (Phi) is 5.29. The third-order valence-electron chi connectivity index (χ3n) is 2.85. The molecule has 0 aromatic heterocycles. The van der Waals surface area contributed by atoms with Crippen LogP contribution in [0.4, 0.5) is 15.8 Å². The fourth-order valence-electron chi connectivity index (χ4n) is 1.74. The van der Waals surface area contributed by atoms with Crippen molar-refractivity contribution in [1.29, 1.82) is 5.26 Å². The number of nitro benzene ring substituents is 1. The molecule has 2 aromatic carbocycles. The third-order valence-corrected chi connectivity index (χ3v) is 3.15. The summed E-state index contributed by atoms with van der Waals surface area (Å²) in [4.78, 5) is 21.7. The molecule has 0 bridgehead atoms. The second-order valence-electron chi connectivity index (χ2n) is 4.52. The number of amides is 1. The lowest BCUT2D eigenvalue weighted by atomic mass is 10.2. The number of non-ortho nitro benzene ring substituents is 1. The molecule has 0 unspecified atom stereocenters. The maximum atomic E-state index is 13.6. The maximum Gasteiger partial charge on any atom is 0.271 e. The van der Waals surface area contributed by atoms with Crippen molar-refractivity contribution in [3.8, 4) is 11.8 Å². The first-order valence-electron chi connectivity index (χ1n) is 6.47. The molecule has 0 atom stereocenters. The molecule has 2 rings (SSSR count). The Labute approximate surface area is 140 Å². The Bertz CT molecular complexity index is 851. The van der Waals surface area contributed by atoms with E-state index in [4.69, 9.17) is 21.6 Å². The van der Waals surface area contributed by atoms with Crippen LogP contribution in [0, 0.1) is 27.3 Å². The van der Waals surface area contributed by atoms with Gasteiger partial charge in [0.15, 0.2) is 6.61 Å². The predicted octanol–water partition coefficient (Wildman–Crippen LogP) is 3.28. The van der Waals surface area contributed by atoms with Gasteiger partial charge in [-0.2, -0.15) is 5.26 Å². The van der Waals surface area contributed by atoms with E-state index in [0.29, 0.717) is 5.56 Å². The minimum absolute atomic E-state index is 0.142. The first-order chi connectivity index (χ1) is 11.4. The van der Waals surface area contributed by atoms with E-state index >= 15 is 0 Å². The molecule has 2 aromatic rings. The van der Waals surface area contributed by atoms with Crippen LogP contribution in [-0.4, -0.2) is 17.4 Å². The number of nitrogens with one attached hydrogen (secondary N) is 1. The standard InChI is InChI=1S/C15H9ClFN3O4/c16-11-5-9(7-18)1-4-14(11)24-8-15(21)19-13-6-10(20(22)23)2-3-12(13)17/h1-6H,8H2,(H,19,21). The number of nitro groups is 1. The number of hydrogen-bond acceptors (Lipinski definition) is 5. The largest absolute Gasteiger partial charge is 0.482 e. The van der Waals surface area contributed by atoms with Gasteiger partial charge in [0.2, 0.25) is 0 Å². The number of nitrogens with zero attached hydrogens (tertiary/aromatic N) is 2. The molecular weight excluding hydrogens is 341 g/mol. The van der Waals surface area contributed by atoms with Crippen molar-refractivity contribution < 1.29 is 18.8 Å². The number of hydrogen-bond donors (Lipinski definition) is 1. The van der Waals surface area contributed by atoms with Crippen molar-refractivity contribution in [2.24, 2.45) is 0 Å². The second kappa shape index (κ2) is 7.39. The van der Waals surface area contributed by atoms with Crippen LogP contribution >= 0.6 is 11.6 Å². The molecule has 24 heavy (non-hydrogen) atoms. The molecule has 1 N–H and O–H groups in total. The zero-order valence-corrected chi connectivity index (χ0v) is 12.7. The van der Waals surface area contributed by atoms with Crippen LogP contribution in [0.3, 0.4) is 0 Å². The van der Waals surface area contributed by atoms with E-state index in [1.807, 2.05) is 6.07 Å². The number of halogens is 2. The van der Waals surface area contributed by atoms with Crippen LogP contribution < -0.4 is 10.1 Å². The molecule has 122 valence electrons. The summed E-state index contributed by atoms with van der Waals surface area (Å²) in [6, 6.07) is 8.91. The summed E-state index contributed by atoms with van der Waals surface area (Å²) in [7, 11) is 0. The highest BCUT2D eigenvalue weighted by atomic mass is 35.5. The van der Waals surface area contributed by atoms with Gasteiger partial charge in [-0.3, -0.25) is 14.9 Å². The molecular formula is C15H9ClFN3O4. The molecule has 0 heterocycles. The van der Waals surface area contributed by atoms with Gasteiger partial charge in [0.1, 0.15) is 11.6 Å². The summed E-state index contributed by atoms with van der Waals surface area (Å²) in [5.74, 6) is -1.37. The van der Waals surface area contributed by atoms with E-state index in [-0.39, 0.29) is 22.1 Å². The summed E-state index contributed by atoms with van der Waals surface area (Å²) < 4.78 is 18.8. The number of nitriles is 1. The van der Waals surface area contributed by atoms with Crippen molar-refractivity contribution in [3.63, 3.8) is 0 Å². The molecule has 0 aliphatic carbocycles. The number of rotatable bonds is 5. The van der Waals surface area contributed by atoms with Gasteiger partial charge in [-0.1, -0.05) is 11.6 Å². The number of ether oxygens (including phenoxy) is 1. The monoisotopic (exact) mass is 349 g/mol.